The van der Waals surface area contributed by atoms with Gasteiger partial charge in [0.25, 0.3) is 11.3 Å². The fourth-order valence-electron chi connectivity index (χ4n) is 2.56. The van der Waals surface area contributed by atoms with Gasteiger partial charge in [-0.25, -0.2) is 0 Å². The van der Waals surface area contributed by atoms with Crippen LogP contribution in [0.1, 0.15) is 17.1 Å². The largest absolute Gasteiger partial charge is 0.340 e. The molecule has 0 atom stereocenters. The van der Waals surface area contributed by atoms with E-state index < -0.39 is 0 Å². The minimum Gasteiger partial charge on any atom is -0.340 e. The number of fused-ring (bicyclic) bond motifs is 1. The van der Waals surface area contributed by atoms with Crippen LogP contribution in [0, 0.1) is 13.8 Å². The van der Waals surface area contributed by atoms with E-state index in [0.717, 1.165) is 5.56 Å². The molecular formula is C17H18N4O3. The van der Waals surface area contributed by atoms with Gasteiger partial charge in [0.2, 0.25) is 5.91 Å². The summed E-state index contributed by atoms with van der Waals surface area (Å²) in [6.45, 7) is 3.76. The molecule has 0 spiro atoms. The molecule has 0 N–H and O–H groups in total. The first-order chi connectivity index (χ1) is 11.5. The normalized spacial score (nSPS) is 11.0. The maximum absolute atomic E-state index is 12.6. The summed E-state index contributed by atoms with van der Waals surface area (Å²) in [6, 6.07) is 9.69. The molecule has 0 saturated heterocycles. The third-order valence-corrected chi connectivity index (χ3v) is 3.94. The lowest BCUT2D eigenvalue weighted by atomic mass is 10.2. The van der Waals surface area contributed by atoms with E-state index >= 15 is 0 Å². The van der Waals surface area contributed by atoms with Crippen molar-refractivity contribution in [2.45, 2.75) is 26.9 Å². The summed E-state index contributed by atoms with van der Waals surface area (Å²) in [5, 5.41) is 4.08. The Morgan fingerprint density at radius 1 is 1.25 bits per heavy atom. The van der Waals surface area contributed by atoms with E-state index in [0.29, 0.717) is 23.4 Å². The highest BCUT2D eigenvalue weighted by molar-refractivity contribution is 5.77. The number of hydrogen-bond donors (Lipinski definition) is 0. The minimum absolute atomic E-state index is 0.0679. The summed E-state index contributed by atoms with van der Waals surface area (Å²) in [7, 11) is 1.71. The Kier molecular flexibility index (Phi) is 4.16. The van der Waals surface area contributed by atoms with Crippen LogP contribution in [0.3, 0.4) is 0 Å². The van der Waals surface area contributed by atoms with Crippen molar-refractivity contribution in [3.8, 4) is 0 Å². The maximum atomic E-state index is 12.6. The molecule has 7 nitrogen and oxygen atoms in total. The number of rotatable bonds is 4. The van der Waals surface area contributed by atoms with Crippen LogP contribution in [0.25, 0.3) is 11.1 Å². The lowest BCUT2D eigenvalue weighted by Crippen LogP contribution is -2.35. The summed E-state index contributed by atoms with van der Waals surface area (Å²) in [5.74, 6) is 0.254. The topological polar surface area (TPSA) is 81.2 Å². The molecule has 0 aliphatic rings. The Morgan fingerprint density at radius 3 is 2.67 bits per heavy atom. The van der Waals surface area contributed by atoms with Crippen molar-refractivity contribution in [3.63, 3.8) is 0 Å². The SMILES string of the molecule is Cc1noc2nc(C)n(CC(=O)N(C)Cc3ccccc3)c(=O)c12. The first-order valence-electron chi connectivity index (χ1n) is 7.58. The van der Waals surface area contributed by atoms with Gasteiger partial charge in [0.1, 0.15) is 17.8 Å². The summed E-state index contributed by atoms with van der Waals surface area (Å²) < 4.78 is 6.38. The molecule has 7 heteroatoms. The quantitative estimate of drug-likeness (QED) is 0.728. The average Bonchev–Trinajstić information content (AvgIpc) is 2.93. The van der Waals surface area contributed by atoms with Gasteiger partial charge in [-0.1, -0.05) is 35.5 Å². The second kappa shape index (κ2) is 6.27. The molecule has 3 rings (SSSR count). The predicted octanol–water partition coefficient (Wildman–Crippen LogP) is 1.66. The van der Waals surface area contributed by atoms with Crippen molar-refractivity contribution in [1.82, 2.24) is 19.6 Å². The van der Waals surface area contributed by atoms with Crippen molar-refractivity contribution >= 4 is 17.0 Å². The number of nitrogens with zero attached hydrogens (tertiary/aromatic N) is 4. The van der Waals surface area contributed by atoms with Crippen molar-refractivity contribution in [1.29, 1.82) is 0 Å². The highest BCUT2D eigenvalue weighted by Gasteiger charge is 2.18. The van der Waals surface area contributed by atoms with Gasteiger partial charge in [0.15, 0.2) is 0 Å². The molecule has 24 heavy (non-hydrogen) atoms. The number of aryl methyl sites for hydroxylation is 2. The summed E-state index contributed by atoms with van der Waals surface area (Å²) in [4.78, 5) is 30.9. The van der Waals surface area contributed by atoms with Gasteiger partial charge in [-0.15, -0.1) is 0 Å². The van der Waals surface area contributed by atoms with Crippen LogP contribution < -0.4 is 5.56 Å². The van der Waals surface area contributed by atoms with Gasteiger partial charge in [-0.3, -0.25) is 14.2 Å². The van der Waals surface area contributed by atoms with Crippen LogP contribution in [-0.2, 0) is 17.9 Å². The van der Waals surface area contributed by atoms with Gasteiger partial charge in [-0.2, -0.15) is 4.98 Å². The van der Waals surface area contributed by atoms with E-state index in [9.17, 15) is 9.59 Å². The number of aromatic nitrogens is 3. The number of benzene rings is 1. The number of likely N-dealkylation sites (N-methyl/N-ethyl adjacent to an activating group) is 1. The van der Waals surface area contributed by atoms with Gasteiger partial charge in [0, 0.05) is 13.6 Å². The van der Waals surface area contributed by atoms with Crippen molar-refractivity contribution in [2.75, 3.05) is 7.05 Å². The minimum atomic E-state index is -0.308. The highest BCUT2D eigenvalue weighted by atomic mass is 16.5. The first kappa shape index (κ1) is 15.9. The van der Waals surface area contributed by atoms with Gasteiger partial charge in [0.05, 0.1) is 5.69 Å². The number of amides is 1. The summed E-state index contributed by atoms with van der Waals surface area (Å²) in [5.41, 5.74) is 1.40. The lowest BCUT2D eigenvalue weighted by molar-refractivity contribution is -0.131. The molecule has 0 saturated carbocycles. The molecule has 0 fully saturated rings. The first-order valence-corrected chi connectivity index (χ1v) is 7.58. The van der Waals surface area contributed by atoms with Crippen LogP contribution in [0.4, 0.5) is 0 Å². The molecule has 0 aliphatic carbocycles. The van der Waals surface area contributed by atoms with Gasteiger partial charge >= 0.3 is 0 Å². The van der Waals surface area contributed by atoms with Crippen LogP contribution in [0.15, 0.2) is 39.6 Å². The molecule has 0 aliphatic heterocycles. The monoisotopic (exact) mass is 326 g/mol. The molecule has 0 bridgehead atoms. The zero-order valence-electron chi connectivity index (χ0n) is 13.8. The third kappa shape index (κ3) is 2.92. The van der Waals surface area contributed by atoms with E-state index in [1.165, 1.54) is 4.57 Å². The van der Waals surface area contributed by atoms with Crippen molar-refractivity contribution in [2.24, 2.45) is 0 Å². The fourth-order valence-corrected chi connectivity index (χ4v) is 2.56. The molecule has 3 aromatic rings. The van der Waals surface area contributed by atoms with Crippen LogP contribution in [0.5, 0.6) is 0 Å². The Morgan fingerprint density at radius 2 is 1.96 bits per heavy atom. The van der Waals surface area contributed by atoms with E-state index in [1.54, 1.807) is 25.8 Å². The lowest BCUT2D eigenvalue weighted by Gasteiger charge is -2.18. The number of hydrogen-bond acceptors (Lipinski definition) is 5. The van der Waals surface area contributed by atoms with E-state index in [-0.39, 0.29) is 23.7 Å². The van der Waals surface area contributed by atoms with E-state index in [2.05, 4.69) is 10.1 Å². The van der Waals surface area contributed by atoms with Crippen LogP contribution in [0.2, 0.25) is 0 Å². The van der Waals surface area contributed by atoms with E-state index in [4.69, 9.17) is 4.52 Å². The Bertz CT molecular complexity index is 944. The number of carbonyl (C=O) groups is 1. The zero-order valence-corrected chi connectivity index (χ0v) is 13.8. The molecule has 1 aromatic carbocycles. The maximum Gasteiger partial charge on any atom is 0.267 e. The Hall–Kier alpha value is -2.96. The van der Waals surface area contributed by atoms with Crippen LogP contribution >= 0.6 is 0 Å². The Labute approximate surface area is 138 Å². The molecule has 124 valence electrons. The predicted molar refractivity (Wildman–Crippen MR) is 88.5 cm³/mol. The van der Waals surface area contributed by atoms with Gasteiger partial charge in [-0.05, 0) is 19.4 Å². The third-order valence-electron chi connectivity index (χ3n) is 3.94. The zero-order chi connectivity index (χ0) is 17.3. The highest BCUT2D eigenvalue weighted by Crippen LogP contribution is 2.12. The summed E-state index contributed by atoms with van der Waals surface area (Å²) in [6.07, 6.45) is 0. The smallest absolute Gasteiger partial charge is 0.267 e. The Balaban J connectivity index is 1.85. The average molecular weight is 326 g/mol. The molecular weight excluding hydrogens is 308 g/mol. The second-order valence-electron chi connectivity index (χ2n) is 5.73. The number of carbonyl (C=O) groups excluding carboxylic acids is 1. The second-order valence-corrected chi connectivity index (χ2v) is 5.73. The van der Waals surface area contributed by atoms with Gasteiger partial charge < -0.3 is 9.42 Å². The molecule has 2 aromatic heterocycles. The molecule has 0 radical (unpaired) electrons. The fraction of sp³-hybridized carbons (Fsp3) is 0.294. The molecule has 1 amide bonds. The van der Waals surface area contributed by atoms with Crippen molar-refractivity contribution in [3.05, 3.63) is 57.8 Å². The standard InChI is InChI=1S/C17H18N4O3/c1-11-15-16(24-19-11)18-12(2)21(17(15)23)10-14(22)20(3)9-13-7-5-4-6-8-13/h4-8H,9-10H2,1-3H3. The summed E-state index contributed by atoms with van der Waals surface area (Å²) >= 11 is 0. The molecule has 2 heterocycles. The van der Waals surface area contributed by atoms with Crippen molar-refractivity contribution < 1.29 is 9.32 Å². The van der Waals surface area contributed by atoms with E-state index in [1.807, 2.05) is 30.3 Å². The molecule has 0 unspecified atom stereocenters. The van der Waals surface area contributed by atoms with Crippen LogP contribution in [-0.4, -0.2) is 32.6 Å².